The van der Waals surface area contributed by atoms with Gasteiger partial charge in [-0.15, -0.1) is 0 Å². The molecule has 0 saturated carbocycles. The van der Waals surface area contributed by atoms with E-state index in [4.69, 9.17) is 0 Å². The molecular weight excluding hydrogens is 278 g/mol. The smallest absolute Gasteiger partial charge is 0.459 e. The lowest BCUT2D eigenvalue weighted by Gasteiger charge is -2.16. The molecule has 0 fully saturated rings. The third-order valence-corrected chi connectivity index (χ3v) is 2.72. The van der Waals surface area contributed by atoms with Crippen molar-refractivity contribution in [2.24, 2.45) is 0 Å². The van der Waals surface area contributed by atoms with Gasteiger partial charge in [0.05, 0.1) is 6.61 Å². The fourth-order valence-electron chi connectivity index (χ4n) is 1.75. The summed E-state index contributed by atoms with van der Waals surface area (Å²) in [6, 6.07) is 15.5. The van der Waals surface area contributed by atoms with Crippen LogP contribution in [-0.4, -0.2) is 18.7 Å². The maximum Gasteiger partial charge on any atom is 0.502 e. The first-order valence-corrected chi connectivity index (χ1v) is 6.42. The predicted octanol–water partition coefficient (Wildman–Crippen LogP) is 3.89. The van der Waals surface area contributed by atoms with Crippen molar-refractivity contribution >= 4 is 5.97 Å². The lowest BCUT2D eigenvalue weighted by Crippen LogP contribution is -2.36. The van der Waals surface area contributed by atoms with E-state index >= 15 is 0 Å². The molecule has 0 atom stereocenters. The van der Waals surface area contributed by atoms with Crippen molar-refractivity contribution in [2.45, 2.75) is 13.0 Å². The summed E-state index contributed by atoms with van der Waals surface area (Å²) in [6.07, 6.45) is -4.00. The zero-order chi connectivity index (χ0) is 15.3. The minimum Gasteiger partial charge on any atom is -0.459 e. The molecule has 2 rings (SSSR count). The van der Waals surface area contributed by atoms with Crippen molar-refractivity contribution in [2.75, 3.05) is 6.61 Å². The Balaban J connectivity index is 2.11. The summed E-state index contributed by atoms with van der Waals surface area (Å²) < 4.78 is 35.5. The molecule has 0 aliphatic heterocycles. The minimum atomic E-state index is -4.00. The predicted molar refractivity (Wildman–Crippen MR) is 74.1 cm³/mol. The summed E-state index contributed by atoms with van der Waals surface area (Å²) in [5.74, 6) is -1.80. The van der Waals surface area contributed by atoms with E-state index in [1.165, 1.54) is 19.1 Å². The molecule has 0 saturated heterocycles. The van der Waals surface area contributed by atoms with E-state index in [1.54, 1.807) is 12.1 Å². The number of hydrogen-bond donors (Lipinski definition) is 0. The lowest BCUT2D eigenvalue weighted by molar-refractivity contribution is -0.216. The van der Waals surface area contributed by atoms with Crippen molar-refractivity contribution in [1.82, 2.24) is 0 Å². The number of benzene rings is 2. The molecular formula is C16H14F2O3. The van der Waals surface area contributed by atoms with Crippen molar-refractivity contribution in [3.8, 4) is 16.9 Å². The molecule has 0 bridgehead atoms. The van der Waals surface area contributed by atoms with Crippen molar-refractivity contribution in [3.63, 3.8) is 0 Å². The highest BCUT2D eigenvalue weighted by Gasteiger charge is 2.44. The molecule has 0 amide bonds. The second-order valence-electron chi connectivity index (χ2n) is 4.23. The van der Waals surface area contributed by atoms with Gasteiger partial charge in [0.1, 0.15) is 5.75 Å². The molecule has 2 aromatic rings. The zero-order valence-electron chi connectivity index (χ0n) is 11.4. The normalized spacial score (nSPS) is 11.0. The SMILES string of the molecule is CCOC(=O)C(F)(F)Oc1ccc(-c2ccccc2)cc1. The molecule has 5 heteroatoms. The largest absolute Gasteiger partial charge is 0.502 e. The fourth-order valence-corrected chi connectivity index (χ4v) is 1.75. The molecule has 0 unspecified atom stereocenters. The third kappa shape index (κ3) is 3.78. The van der Waals surface area contributed by atoms with Crippen LogP contribution in [0.15, 0.2) is 54.6 Å². The highest BCUT2D eigenvalue weighted by atomic mass is 19.3. The zero-order valence-corrected chi connectivity index (χ0v) is 11.4. The van der Waals surface area contributed by atoms with Crippen LogP contribution in [0.25, 0.3) is 11.1 Å². The molecule has 0 aliphatic carbocycles. The second kappa shape index (κ2) is 6.35. The Morgan fingerprint density at radius 1 is 1.00 bits per heavy atom. The molecule has 0 heterocycles. The van der Waals surface area contributed by atoms with Gasteiger partial charge in [0, 0.05) is 0 Å². The van der Waals surface area contributed by atoms with Crippen molar-refractivity contribution < 1.29 is 23.0 Å². The van der Waals surface area contributed by atoms with E-state index in [0.717, 1.165) is 11.1 Å². The Labute approximate surface area is 121 Å². The first-order valence-electron chi connectivity index (χ1n) is 6.42. The molecule has 0 radical (unpaired) electrons. The summed E-state index contributed by atoms with van der Waals surface area (Å²) in [5, 5.41) is 0. The van der Waals surface area contributed by atoms with Crippen molar-refractivity contribution in [1.29, 1.82) is 0 Å². The first-order chi connectivity index (χ1) is 10.0. The van der Waals surface area contributed by atoms with Gasteiger partial charge in [-0.1, -0.05) is 42.5 Å². The van der Waals surface area contributed by atoms with E-state index in [1.807, 2.05) is 30.3 Å². The topological polar surface area (TPSA) is 35.5 Å². The van der Waals surface area contributed by atoms with Gasteiger partial charge in [-0.2, -0.15) is 8.78 Å². The van der Waals surface area contributed by atoms with Crippen LogP contribution in [0.1, 0.15) is 6.92 Å². The Morgan fingerprint density at radius 3 is 2.14 bits per heavy atom. The summed E-state index contributed by atoms with van der Waals surface area (Å²) in [4.78, 5) is 11.1. The summed E-state index contributed by atoms with van der Waals surface area (Å²) in [5.41, 5.74) is 1.82. The van der Waals surface area contributed by atoms with Gasteiger partial charge < -0.3 is 9.47 Å². The van der Waals surface area contributed by atoms with Crippen LogP contribution in [0.4, 0.5) is 8.78 Å². The summed E-state index contributed by atoms with van der Waals surface area (Å²) >= 11 is 0. The van der Waals surface area contributed by atoms with Crippen LogP contribution in [0, 0.1) is 0 Å². The molecule has 0 aliphatic rings. The van der Waals surface area contributed by atoms with Gasteiger partial charge in [0.25, 0.3) is 0 Å². The molecule has 0 aromatic heterocycles. The second-order valence-corrected chi connectivity index (χ2v) is 4.23. The van der Waals surface area contributed by atoms with Gasteiger partial charge in [-0.3, -0.25) is 0 Å². The van der Waals surface area contributed by atoms with Crippen LogP contribution in [0.5, 0.6) is 5.75 Å². The molecule has 21 heavy (non-hydrogen) atoms. The van der Waals surface area contributed by atoms with E-state index in [0.29, 0.717) is 0 Å². The number of carbonyl (C=O) groups is 1. The van der Waals surface area contributed by atoms with Gasteiger partial charge in [0.2, 0.25) is 0 Å². The number of rotatable bonds is 5. The molecule has 3 nitrogen and oxygen atoms in total. The average molecular weight is 292 g/mol. The lowest BCUT2D eigenvalue weighted by atomic mass is 10.1. The molecule has 0 spiro atoms. The summed E-state index contributed by atoms with van der Waals surface area (Å²) in [6.45, 7) is 1.31. The standard InChI is InChI=1S/C16H14F2O3/c1-2-20-15(19)16(17,18)21-14-10-8-13(9-11-14)12-6-4-3-5-7-12/h3-11H,2H2,1H3. The van der Waals surface area contributed by atoms with Crippen LogP contribution in [0.3, 0.4) is 0 Å². The highest BCUT2D eigenvalue weighted by Crippen LogP contribution is 2.26. The van der Waals surface area contributed by atoms with E-state index in [2.05, 4.69) is 9.47 Å². The van der Waals surface area contributed by atoms with Gasteiger partial charge in [-0.05, 0) is 30.2 Å². The number of alkyl halides is 2. The minimum absolute atomic E-state index is 0.104. The molecule has 2 aromatic carbocycles. The number of ether oxygens (including phenoxy) is 2. The Bertz CT molecular complexity index is 595. The van der Waals surface area contributed by atoms with Gasteiger partial charge in [0.15, 0.2) is 0 Å². The molecule has 0 N–H and O–H groups in total. The van der Waals surface area contributed by atoms with Crippen LogP contribution < -0.4 is 4.74 Å². The van der Waals surface area contributed by atoms with Gasteiger partial charge in [-0.25, -0.2) is 4.79 Å². The number of carbonyl (C=O) groups excluding carboxylic acids is 1. The maximum absolute atomic E-state index is 13.4. The monoisotopic (exact) mass is 292 g/mol. The Hall–Kier alpha value is -2.43. The van der Waals surface area contributed by atoms with Crippen LogP contribution >= 0.6 is 0 Å². The van der Waals surface area contributed by atoms with E-state index in [-0.39, 0.29) is 12.4 Å². The summed E-state index contributed by atoms with van der Waals surface area (Å²) in [7, 11) is 0. The quantitative estimate of drug-likeness (QED) is 0.784. The third-order valence-electron chi connectivity index (χ3n) is 2.72. The van der Waals surface area contributed by atoms with Crippen LogP contribution in [0.2, 0.25) is 0 Å². The Kier molecular flexibility index (Phi) is 4.52. The van der Waals surface area contributed by atoms with E-state index in [9.17, 15) is 13.6 Å². The Morgan fingerprint density at radius 2 is 1.57 bits per heavy atom. The maximum atomic E-state index is 13.4. The molecule has 110 valence electrons. The highest BCUT2D eigenvalue weighted by molar-refractivity contribution is 5.76. The first kappa shape index (κ1) is 15.0. The number of esters is 1. The average Bonchev–Trinajstić information content (AvgIpc) is 2.49. The van der Waals surface area contributed by atoms with E-state index < -0.39 is 12.1 Å². The fraction of sp³-hybridized carbons (Fsp3) is 0.188. The van der Waals surface area contributed by atoms with Crippen LogP contribution in [-0.2, 0) is 9.53 Å². The van der Waals surface area contributed by atoms with Gasteiger partial charge >= 0.3 is 12.1 Å². The number of hydrogen-bond acceptors (Lipinski definition) is 3. The van der Waals surface area contributed by atoms with Crippen molar-refractivity contribution in [3.05, 3.63) is 54.6 Å². The number of halogens is 2.